The van der Waals surface area contributed by atoms with Crippen molar-refractivity contribution >= 4 is 33.6 Å². The van der Waals surface area contributed by atoms with Crippen molar-refractivity contribution in [2.45, 2.75) is 0 Å². The van der Waals surface area contributed by atoms with Gasteiger partial charge in [-0.25, -0.2) is 0 Å². The number of nitrogens with one attached hydrogen (secondary N) is 2. The van der Waals surface area contributed by atoms with E-state index in [1.807, 2.05) is 24.3 Å². The second-order valence-corrected chi connectivity index (χ2v) is 4.28. The number of halogens is 1. The molecule has 2 rings (SSSR count). The molecule has 0 radical (unpaired) electrons. The Balaban J connectivity index is 1.96. The fraction of sp³-hybridized carbons (Fsp3) is 0. The first-order valence-electron chi connectivity index (χ1n) is 4.97. The standard InChI is InChI=1S/C12H10BrN3O/c13-10-4-1-9(2-5-10)3-6-12(17)16-11-7-14-15-8-11/h1-8H,(H,14,15)(H,16,17)/b6-3+. The maximum Gasteiger partial charge on any atom is 0.248 e. The molecule has 0 atom stereocenters. The Morgan fingerprint density at radius 1 is 1.35 bits per heavy atom. The van der Waals surface area contributed by atoms with Gasteiger partial charge in [0.2, 0.25) is 5.91 Å². The quantitative estimate of drug-likeness (QED) is 0.855. The summed E-state index contributed by atoms with van der Waals surface area (Å²) >= 11 is 3.35. The zero-order valence-electron chi connectivity index (χ0n) is 8.85. The first-order chi connectivity index (χ1) is 8.24. The lowest BCUT2D eigenvalue weighted by atomic mass is 10.2. The van der Waals surface area contributed by atoms with Crippen LogP contribution in [0, 0.1) is 0 Å². The highest BCUT2D eigenvalue weighted by molar-refractivity contribution is 9.10. The zero-order valence-corrected chi connectivity index (χ0v) is 10.4. The molecule has 1 amide bonds. The van der Waals surface area contributed by atoms with E-state index in [-0.39, 0.29) is 5.91 Å². The van der Waals surface area contributed by atoms with Crippen LogP contribution in [0.2, 0.25) is 0 Å². The highest BCUT2D eigenvalue weighted by Gasteiger charge is 1.97. The van der Waals surface area contributed by atoms with Gasteiger partial charge < -0.3 is 5.32 Å². The molecule has 0 fully saturated rings. The van der Waals surface area contributed by atoms with E-state index in [0.717, 1.165) is 10.0 Å². The first-order valence-corrected chi connectivity index (χ1v) is 5.77. The number of aromatic nitrogens is 2. The van der Waals surface area contributed by atoms with Crippen LogP contribution in [-0.2, 0) is 4.79 Å². The molecule has 0 aliphatic carbocycles. The lowest BCUT2D eigenvalue weighted by Gasteiger charge is -1.96. The fourth-order valence-corrected chi connectivity index (χ4v) is 1.51. The highest BCUT2D eigenvalue weighted by Crippen LogP contribution is 2.11. The number of carbonyl (C=O) groups is 1. The van der Waals surface area contributed by atoms with Gasteiger partial charge in [-0.3, -0.25) is 9.89 Å². The average Bonchev–Trinajstić information content (AvgIpc) is 2.81. The Morgan fingerprint density at radius 3 is 2.76 bits per heavy atom. The number of rotatable bonds is 3. The summed E-state index contributed by atoms with van der Waals surface area (Å²) in [5, 5.41) is 9.03. The summed E-state index contributed by atoms with van der Waals surface area (Å²) in [6.45, 7) is 0. The van der Waals surface area contributed by atoms with E-state index < -0.39 is 0 Å². The molecule has 0 aliphatic rings. The molecule has 0 bridgehead atoms. The van der Waals surface area contributed by atoms with Crippen molar-refractivity contribution in [1.29, 1.82) is 0 Å². The van der Waals surface area contributed by atoms with Crippen molar-refractivity contribution in [1.82, 2.24) is 10.2 Å². The van der Waals surface area contributed by atoms with E-state index >= 15 is 0 Å². The normalized spacial score (nSPS) is 10.6. The third-order valence-electron chi connectivity index (χ3n) is 2.06. The van der Waals surface area contributed by atoms with Crippen LogP contribution in [0.25, 0.3) is 6.08 Å². The monoisotopic (exact) mass is 291 g/mol. The molecule has 86 valence electrons. The van der Waals surface area contributed by atoms with Crippen LogP contribution in [-0.4, -0.2) is 16.1 Å². The summed E-state index contributed by atoms with van der Waals surface area (Å²) in [5.41, 5.74) is 1.62. The van der Waals surface area contributed by atoms with Gasteiger partial charge >= 0.3 is 0 Å². The summed E-state index contributed by atoms with van der Waals surface area (Å²) in [7, 11) is 0. The minimum absolute atomic E-state index is 0.186. The van der Waals surface area contributed by atoms with Crippen molar-refractivity contribution in [2.24, 2.45) is 0 Å². The minimum Gasteiger partial charge on any atom is -0.320 e. The smallest absolute Gasteiger partial charge is 0.248 e. The lowest BCUT2D eigenvalue weighted by Crippen LogP contribution is -2.06. The van der Waals surface area contributed by atoms with Crippen LogP contribution in [0.1, 0.15) is 5.56 Å². The van der Waals surface area contributed by atoms with Gasteiger partial charge in [0.05, 0.1) is 11.9 Å². The lowest BCUT2D eigenvalue weighted by molar-refractivity contribution is -0.111. The van der Waals surface area contributed by atoms with Gasteiger partial charge in [0, 0.05) is 16.7 Å². The number of nitrogens with zero attached hydrogens (tertiary/aromatic N) is 1. The molecule has 0 aliphatic heterocycles. The van der Waals surface area contributed by atoms with Crippen molar-refractivity contribution in [3.63, 3.8) is 0 Å². The summed E-state index contributed by atoms with van der Waals surface area (Å²) in [4.78, 5) is 11.5. The predicted molar refractivity (Wildman–Crippen MR) is 70.4 cm³/mol. The molecule has 0 saturated carbocycles. The molecule has 0 unspecified atom stereocenters. The van der Waals surface area contributed by atoms with Gasteiger partial charge in [0.15, 0.2) is 0 Å². The Kier molecular flexibility index (Phi) is 3.72. The maximum absolute atomic E-state index is 11.5. The molecule has 17 heavy (non-hydrogen) atoms. The average molecular weight is 292 g/mol. The molecule has 0 spiro atoms. The first kappa shape index (κ1) is 11.6. The van der Waals surface area contributed by atoms with Crippen LogP contribution in [0.15, 0.2) is 47.2 Å². The van der Waals surface area contributed by atoms with E-state index in [4.69, 9.17) is 0 Å². The van der Waals surface area contributed by atoms with E-state index in [0.29, 0.717) is 5.69 Å². The van der Waals surface area contributed by atoms with Crippen molar-refractivity contribution in [3.8, 4) is 0 Å². The molecular weight excluding hydrogens is 282 g/mol. The number of H-pyrrole nitrogens is 1. The Bertz CT molecular complexity index is 517. The van der Waals surface area contributed by atoms with Gasteiger partial charge in [0.1, 0.15) is 0 Å². The minimum atomic E-state index is -0.186. The van der Waals surface area contributed by atoms with Gasteiger partial charge in [-0.05, 0) is 23.8 Å². The number of amides is 1. The highest BCUT2D eigenvalue weighted by atomic mass is 79.9. The number of anilines is 1. The number of carbonyl (C=O) groups excluding carboxylic acids is 1. The Morgan fingerprint density at radius 2 is 2.12 bits per heavy atom. The summed E-state index contributed by atoms with van der Waals surface area (Å²) in [6.07, 6.45) is 6.40. The molecule has 4 nitrogen and oxygen atoms in total. The van der Waals surface area contributed by atoms with E-state index in [1.54, 1.807) is 18.5 Å². The molecule has 1 aromatic carbocycles. The fourth-order valence-electron chi connectivity index (χ4n) is 1.25. The van der Waals surface area contributed by atoms with Gasteiger partial charge in [-0.1, -0.05) is 28.1 Å². The second kappa shape index (κ2) is 5.45. The van der Waals surface area contributed by atoms with Crippen molar-refractivity contribution in [2.75, 3.05) is 5.32 Å². The number of hydrogen-bond donors (Lipinski definition) is 2. The van der Waals surface area contributed by atoms with Gasteiger partial charge in [0.25, 0.3) is 0 Å². The zero-order chi connectivity index (χ0) is 12.1. The second-order valence-electron chi connectivity index (χ2n) is 3.36. The number of aromatic amines is 1. The molecule has 2 N–H and O–H groups in total. The van der Waals surface area contributed by atoms with Crippen LogP contribution in [0.5, 0.6) is 0 Å². The third kappa shape index (κ3) is 3.57. The summed E-state index contributed by atoms with van der Waals surface area (Å²) in [6, 6.07) is 7.69. The van der Waals surface area contributed by atoms with E-state index in [9.17, 15) is 4.79 Å². The third-order valence-corrected chi connectivity index (χ3v) is 2.59. The molecule has 1 aromatic heterocycles. The van der Waals surface area contributed by atoms with Crippen molar-refractivity contribution < 1.29 is 4.79 Å². The van der Waals surface area contributed by atoms with Crippen LogP contribution < -0.4 is 5.32 Å². The number of benzene rings is 1. The van der Waals surface area contributed by atoms with Crippen molar-refractivity contribution in [3.05, 3.63) is 52.8 Å². The molecule has 5 heteroatoms. The van der Waals surface area contributed by atoms with Gasteiger partial charge in [-0.2, -0.15) is 5.10 Å². The SMILES string of the molecule is O=C(/C=C/c1ccc(Br)cc1)Nc1cn[nH]c1. The predicted octanol–water partition coefficient (Wildman–Crippen LogP) is 2.82. The summed E-state index contributed by atoms with van der Waals surface area (Å²) in [5.74, 6) is -0.186. The number of hydrogen-bond acceptors (Lipinski definition) is 2. The van der Waals surface area contributed by atoms with Crippen LogP contribution in [0.4, 0.5) is 5.69 Å². The Labute approximate surface area is 107 Å². The largest absolute Gasteiger partial charge is 0.320 e. The van der Waals surface area contributed by atoms with E-state index in [2.05, 4.69) is 31.4 Å². The maximum atomic E-state index is 11.5. The molecule has 1 heterocycles. The van der Waals surface area contributed by atoms with Gasteiger partial charge in [-0.15, -0.1) is 0 Å². The molecule has 2 aromatic rings. The van der Waals surface area contributed by atoms with E-state index in [1.165, 1.54) is 6.08 Å². The van der Waals surface area contributed by atoms with Crippen LogP contribution in [0.3, 0.4) is 0 Å². The summed E-state index contributed by atoms with van der Waals surface area (Å²) < 4.78 is 1.01. The molecular formula is C12H10BrN3O. The molecule has 0 saturated heterocycles. The topological polar surface area (TPSA) is 57.8 Å². The van der Waals surface area contributed by atoms with Crippen LogP contribution >= 0.6 is 15.9 Å². The Hall–Kier alpha value is -1.88.